The van der Waals surface area contributed by atoms with Gasteiger partial charge in [0.2, 0.25) is 0 Å². The molecule has 1 aliphatic carbocycles. The number of nitrogens with one attached hydrogen (secondary N) is 1. The molecule has 1 fully saturated rings. The van der Waals surface area contributed by atoms with Gasteiger partial charge in [0.25, 0.3) is 0 Å². The maximum Gasteiger partial charge on any atom is 0.0605 e. The number of benzene rings is 1. The Morgan fingerprint density at radius 2 is 2.21 bits per heavy atom. The highest BCUT2D eigenvalue weighted by Gasteiger charge is 2.31. The molecule has 1 N–H and O–H groups in total. The van der Waals surface area contributed by atoms with Crippen LogP contribution in [-0.2, 0) is 0 Å². The standard InChI is InChI=1S/C11H13BrN2/c12-8-1-4-11-10(7-8)13-5-6-14(11)9-2-3-9/h1,4,7,9,13H,2-3,5-6H2. The lowest BCUT2D eigenvalue weighted by atomic mass is 10.2. The SMILES string of the molecule is Brc1ccc2c(c1)NCCN2C1CC1. The van der Waals surface area contributed by atoms with Crippen molar-refractivity contribution in [2.45, 2.75) is 18.9 Å². The summed E-state index contributed by atoms with van der Waals surface area (Å²) in [6.45, 7) is 2.22. The minimum atomic E-state index is 0.817. The number of halogens is 1. The summed E-state index contributed by atoms with van der Waals surface area (Å²) in [5, 5.41) is 3.44. The molecule has 0 atom stereocenters. The zero-order valence-electron chi connectivity index (χ0n) is 7.96. The van der Waals surface area contributed by atoms with Gasteiger partial charge in [0.15, 0.2) is 0 Å². The molecular formula is C11H13BrN2. The topological polar surface area (TPSA) is 15.3 Å². The Morgan fingerprint density at radius 3 is 3.00 bits per heavy atom. The van der Waals surface area contributed by atoms with E-state index in [2.05, 4.69) is 44.3 Å². The third-order valence-corrected chi connectivity index (χ3v) is 3.42. The first-order chi connectivity index (χ1) is 6.84. The van der Waals surface area contributed by atoms with E-state index in [9.17, 15) is 0 Å². The smallest absolute Gasteiger partial charge is 0.0605 e. The zero-order chi connectivity index (χ0) is 9.54. The van der Waals surface area contributed by atoms with Crippen LogP contribution in [0, 0.1) is 0 Å². The first-order valence-corrected chi connectivity index (χ1v) is 5.94. The summed E-state index contributed by atoms with van der Waals surface area (Å²) in [6, 6.07) is 7.33. The van der Waals surface area contributed by atoms with Crippen LogP contribution in [0.15, 0.2) is 22.7 Å². The Morgan fingerprint density at radius 1 is 1.36 bits per heavy atom. The van der Waals surface area contributed by atoms with Crippen molar-refractivity contribution in [2.75, 3.05) is 23.3 Å². The fourth-order valence-electron chi connectivity index (χ4n) is 2.10. The summed E-state index contributed by atoms with van der Waals surface area (Å²) in [7, 11) is 0. The number of hydrogen-bond acceptors (Lipinski definition) is 2. The van der Waals surface area contributed by atoms with Crippen LogP contribution in [0.1, 0.15) is 12.8 Å². The average molecular weight is 253 g/mol. The average Bonchev–Trinajstić information content (AvgIpc) is 2.99. The minimum Gasteiger partial charge on any atom is -0.382 e. The fraction of sp³-hybridized carbons (Fsp3) is 0.455. The number of fused-ring (bicyclic) bond motifs is 1. The highest BCUT2D eigenvalue weighted by molar-refractivity contribution is 9.10. The van der Waals surface area contributed by atoms with Crippen LogP contribution >= 0.6 is 15.9 Å². The second-order valence-electron chi connectivity index (χ2n) is 4.01. The molecule has 0 unspecified atom stereocenters. The van der Waals surface area contributed by atoms with Crippen molar-refractivity contribution in [3.8, 4) is 0 Å². The summed E-state index contributed by atoms with van der Waals surface area (Å²) in [4.78, 5) is 2.54. The van der Waals surface area contributed by atoms with E-state index in [1.807, 2.05) is 0 Å². The number of nitrogens with zero attached hydrogens (tertiary/aromatic N) is 1. The molecule has 1 heterocycles. The molecule has 0 bridgehead atoms. The van der Waals surface area contributed by atoms with Crippen molar-refractivity contribution in [3.63, 3.8) is 0 Å². The molecule has 0 spiro atoms. The predicted molar refractivity (Wildman–Crippen MR) is 63.0 cm³/mol. The summed E-state index contributed by atoms with van der Waals surface area (Å²) >= 11 is 3.50. The molecule has 3 rings (SSSR count). The minimum absolute atomic E-state index is 0.817. The molecular weight excluding hydrogens is 240 g/mol. The monoisotopic (exact) mass is 252 g/mol. The van der Waals surface area contributed by atoms with Gasteiger partial charge in [0, 0.05) is 23.6 Å². The van der Waals surface area contributed by atoms with Crippen LogP contribution in [-0.4, -0.2) is 19.1 Å². The Balaban J connectivity index is 2.01. The zero-order valence-corrected chi connectivity index (χ0v) is 9.55. The van der Waals surface area contributed by atoms with E-state index >= 15 is 0 Å². The summed E-state index contributed by atoms with van der Waals surface area (Å²) < 4.78 is 1.15. The van der Waals surface area contributed by atoms with Gasteiger partial charge in [-0.2, -0.15) is 0 Å². The largest absolute Gasteiger partial charge is 0.382 e. The van der Waals surface area contributed by atoms with E-state index in [4.69, 9.17) is 0 Å². The number of rotatable bonds is 1. The maximum absolute atomic E-state index is 3.50. The normalized spacial score (nSPS) is 20.2. The third kappa shape index (κ3) is 1.40. The molecule has 0 radical (unpaired) electrons. The molecule has 0 amide bonds. The van der Waals surface area contributed by atoms with Gasteiger partial charge in [-0.3, -0.25) is 0 Å². The van der Waals surface area contributed by atoms with Gasteiger partial charge < -0.3 is 10.2 Å². The number of anilines is 2. The van der Waals surface area contributed by atoms with Crippen LogP contribution < -0.4 is 10.2 Å². The predicted octanol–water partition coefficient (Wildman–Crippen LogP) is 2.84. The van der Waals surface area contributed by atoms with Gasteiger partial charge in [0.05, 0.1) is 11.4 Å². The van der Waals surface area contributed by atoms with Crippen molar-refractivity contribution in [2.24, 2.45) is 0 Å². The second kappa shape index (κ2) is 3.16. The summed E-state index contributed by atoms with van der Waals surface area (Å²) in [5.41, 5.74) is 2.65. The van der Waals surface area contributed by atoms with Crippen LogP contribution in [0.5, 0.6) is 0 Å². The molecule has 1 aromatic carbocycles. The van der Waals surface area contributed by atoms with Gasteiger partial charge >= 0.3 is 0 Å². The highest BCUT2D eigenvalue weighted by Crippen LogP contribution is 2.38. The molecule has 2 aliphatic rings. The van der Waals surface area contributed by atoms with Gasteiger partial charge in [0.1, 0.15) is 0 Å². The summed E-state index contributed by atoms with van der Waals surface area (Å²) in [5.74, 6) is 0. The lowest BCUT2D eigenvalue weighted by Gasteiger charge is -2.32. The lowest BCUT2D eigenvalue weighted by Crippen LogP contribution is -2.35. The fourth-order valence-corrected chi connectivity index (χ4v) is 2.46. The van der Waals surface area contributed by atoms with Crippen molar-refractivity contribution < 1.29 is 0 Å². The van der Waals surface area contributed by atoms with Crippen LogP contribution in [0.3, 0.4) is 0 Å². The van der Waals surface area contributed by atoms with Crippen molar-refractivity contribution in [3.05, 3.63) is 22.7 Å². The van der Waals surface area contributed by atoms with Crippen LogP contribution in [0.2, 0.25) is 0 Å². The summed E-state index contributed by atoms with van der Waals surface area (Å²) in [6.07, 6.45) is 2.74. The van der Waals surface area contributed by atoms with E-state index in [0.29, 0.717) is 0 Å². The van der Waals surface area contributed by atoms with Crippen LogP contribution in [0.25, 0.3) is 0 Å². The number of hydrogen-bond donors (Lipinski definition) is 1. The quantitative estimate of drug-likeness (QED) is 0.827. The Kier molecular flexibility index (Phi) is 1.94. The van der Waals surface area contributed by atoms with Gasteiger partial charge in [-0.1, -0.05) is 15.9 Å². The van der Waals surface area contributed by atoms with E-state index in [1.54, 1.807) is 0 Å². The van der Waals surface area contributed by atoms with E-state index < -0.39 is 0 Å². The van der Waals surface area contributed by atoms with Crippen LogP contribution in [0.4, 0.5) is 11.4 Å². The maximum atomic E-state index is 3.50. The van der Waals surface area contributed by atoms with Gasteiger partial charge in [-0.15, -0.1) is 0 Å². The first kappa shape index (κ1) is 8.60. The van der Waals surface area contributed by atoms with E-state index in [-0.39, 0.29) is 0 Å². The molecule has 14 heavy (non-hydrogen) atoms. The van der Waals surface area contributed by atoms with Crippen molar-refractivity contribution in [1.82, 2.24) is 0 Å². The van der Waals surface area contributed by atoms with Crippen molar-refractivity contribution >= 4 is 27.3 Å². The van der Waals surface area contributed by atoms with E-state index in [0.717, 1.165) is 23.6 Å². The van der Waals surface area contributed by atoms with Crippen molar-refractivity contribution in [1.29, 1.82) is 0 Å². The second-order valence-corrected chi connectivity index (χ2v) is 4.93. The van der Waals surface area contributed by atoms with Gasteiger partial charge in [-0.05, 0) is 31.0 Å². The molecule has 3 heteroatoms. The highest BCUT2D eigenvalue weighted by atomic mass is 79.9. The molecule has 2 nitrogen and oxygen atoms in total. The molecule has 0 saturated heterocycles. The Labute approximate surface area is 92.4 Å². The molecule has 0 aromatic heterocycles. The molecule has 1 aliphatic heterocycles. The van der Waals surface area contributed by atoms with E-state index in [1.165, 1.54) is 24.2 Å². The molecule has 74 valence electrons. The Hall–Kier alpha value is -0.700. The lowest BCUT2D eigenvalue weighted by molar-refractivity contribution is 0.782. The first-order valence-electron chi connectivity index (χ1n) is 5.15. The molecule has 1 aromatic rings. The molecule has 1 saturated carbocycles. The third-order valence-electron chi connectivity index (χ3n) is 2.92. The Bertz CT molecular complexity index is 360. The van der Waals surface area contributed by atoms with Gasteiger partial charge in [-0.25, -0.2) is 0 Å².